The molecule has 0 spiro atoms. The number of benzene rings is 1. The molecule has 0 heterocycles. The van der Waals surface area contributed by atoms with E-state index in [1.54, 1.807) is 0 Å². The standard InChI is InChI=1S/C12H18ClN/c13-9-5-11-14-10-4-8-12-6-2-1-3-7-12/h1-3,6-7,14H,4-5,8-11H2. The van der Waals surface area contributed by atoms with E-state index in [4.69, 9.17) is 11.6 Å². The normalized spacial score (nSPS) is 10.4. The van der Waals surface area contributed by atoms with Crippen molar-refractivity contribution < 1.29 is 0 Å². The van der Waals surface area contributed by atoms with Gasteiger partial charge in [-0.2, -0.15) is 0 Å². The zero-order valence-corrected chi connectivity index (χ0v) is 9.26. The molecule has 0 fully saturated rings. The maximum absolute atomic E-state index is 5.57. The lowest BCUT2D eigenvalue weighted by Gasteiger charge is -2.03. The van der Waals surface area contributed by atoms with Crippen molar-refractivity contribution in [3.05, 3.63) is 35.9 Å². The minimum absolute atomic E-state index is 0.756. The largest absolute Gasteiger partial charge is 0.317 e. The molecule has 0 radical (unpaired) electrons. The summed E-state index contributed by atoms with van der Waals surface area (Å²) in [5, 5.41) is 3.37. The number of alkyl halides is 1. The highest BCUT2D eigenvalue weighted by atomic mass is 35.5. The van der Waals surface area contributed by atoms with Gasteiger partial charge in [-0.25, -0.2) is 0 Å². The van der Waals surface area contributed by atoms with Gasteiger partial charge >= 0.3 is 0 Å². The number of rotatable bonds is 7. The second-order valence-electron chi connectivity index (χ2n) is 3.38. The van der Waals surface area contributed by atoms with Crippen LogP contribution in [-0.2, 0) is 6.42 Å². The van der Waals surface area contributed by atoms with E-state index in [1.165, 1.54) is 12.0 Å². The van der Waals surface area contributed by atoms with Crippen LogP contribution >= 0.6 is 11.6 Å². The van der Waals surface area contributed by atoms with Crippen molar-refractivity contribution in [3.8, 4) is 0 Å². The Hall–Kier alpha value is -0.530. The van der Waals surface area contributed by atoms with E-state index in [0.717, 1.165) is 31.8 Å². The minimum atomic E-state index is 0.756. The van der Waals surface area contributed by atoms with Crippen LogP contribution in [0.25, 0.3) is 0 Å². The maximum atomic E-state index is 5.57. The number of hydrogen-bond acceptors (Lipinski definition) is 1. The second-order valence-corrected chi connectivity index (χ2v) is 3.76. The molecule has 0 amide bonds. The Balaban J connectivity index is 1.99. The predicted octanol–water partition coefficient (Wildman–Crippen LogP) is 2.84. The number of aryl methyl sites for hydroxylation is 1. The summed E-state index contributed by atoms with van der Waals surface area (Å²) in [6.45, 7) is 2.13. The molecule has 2 heteroatoms. The summed E-state index contributed by atoms with van der Waals surface area (Å²) in [5.74, 6) is 0.756. The first-order valence-corrected chi connectivity index (χ1v) is 5.77. The van der Waals surface area contributed by atoms with Crippen molar-refractivity contribution in [2.45, 2.75) is 19.3 Å². The van der Waals surface area contributed by atoms with Crippen molar-refractivity contribution in [1.82, 2.24) is 5.32 Å². The monoisotopic (exact) mass is 211 g/mol. The molecule has 78 valence electrons. The topological polar surface area (TPSA) is 12.0 Å². The molecule has 0 aliphatic heterocycles. The van der Waals surface area contributed by atoms with Crippen LogP contribution in [0.1, 0.15) is 18.4 Å². The van der Waals surface area contributed by atoms with Crippen LogP contribution in [0.15, 0.2) is 30.3 Å². The lowest BCUT2D eigenvalue weighted by Crippen LogP contribution is -2.17. The highest BCUT2D eigenvalue weighted by Gasteiger charge is 1.91. The lowest BCUT2D eigenvalue weighted by atomic mass is 10.1. The molecule has 1 nitrogen and oxygen atoms in total. The van der Waals surface area contributed by atoms with Gasteiger partial charge in [-0.15, -0.1) is 11.6 Å². The quantitative estimate of drug-likeness (QED) is 0.540. The molecular weight excluding hydrogens is 194 g/mol. The Morgan fingerprint density at radius 2 is 1.71 bits per heavy atom. The van der Waals surface area contributed by atoms with E-state index in [2.05, 4.69) is 35.6 Å². The van der Waals surface area contributed by atoms with Crippen molar-refractivity contribution in [2.24, 2.45) is 0 Å². The van der Waals surface area contributed by atoms with Crippen LogP contribution in [0.5, 0.6) is 0 Å². The van der Waals surface area contributed by atoms with E-state index >= 15 is 0 Å². The highest BCUT2D eigenvalue weighted by Crippen LogP contribution is 2.01. The SMILES string of the molecule is ClCCCNCCCc1ccccc1. The molecule has 0 aromatic heterocycles. The van der Waals surface area contributed by atoms with Gasteiger partial charge in [-0.1, -0.05) is 30.3 Å². The Bertz CT molecular complexity index is 223. The molecule has 0 aliphatic carbocycles. The zero-order valence-electron chi connectivity index (χ0n) is 8.51. The van der Waals surface area contributed by atoms with Crippen LogP contribution in [0, 0.1) is 0 Å². The average Bonchev–Trinajstić information content (AvgIpc) is 2.25. The van der Waals surface area contributed by atoms with Crippen LogP contribution in [0.2, 0.25) is 0 Å². The van der Waals surface area contributed by atoms with Crippen LogP contribution in [0.3, 0.4) is 0 Å². The maximum Gasteiger partial charge on any atom is 0.0235 e. The summed E-state index contributed by atoms with van der Waals surface area (Å²) >= 11 is 5.57. The summed E-state index contributed by atoms with van der Waals surface area (Å²) in [4.78, 5) is 0. The van der Waals surface area contributed by atoms with Crippen molar-refractivity contribution in [2.75, 3.05) is 19.0 Å². The Morgan fingerprint density at radius 1 is 1.00 bits per heavy atom. The summed E-state index contributed by atoms with van der Waals surface area (Å²) in [7, 11) is 0. The van der Waals surface area contributed by atoms with Crippen LogP contribution in [0.4, 0.5) is 0 Å². The smallest absolute Gasteiger partial charge is 0.0235 e. The lowest BCUT2D eigenvalue weighted by molar-refractivity contribution is 0.641. The third kappa shape index (κ3) is 5.25. The van der Waals surface area contributed by atoms with Gasteiger partial charge in [0.2, 0.25) is 0 Å². The molecule has 14 heavy (non-hydrogen) atoms. The first-order valence-electron chi connectivity index (χ1n) is 5.24. The fourth-order valence-electron chi connectivity index (χ4n) is 1.38. The van der Waals surface area contributed by atoms with Gasteiger partial charge in [0.15, 0.2) is 0 Å². The summed E-state index contributed by atoms with van der Waals surface area (Å²) in [6.07, 6.45) is 3.42. The van der Waals surface area contributed by atoms with Gasteiger partial charge in [-0.3, -0.25) is 0 Å². The molecule has 0 bridgehead atoms. The predicted molar refractivity (Wildman–Crippen MR) is 63.0 cm³/mol. The van der Waals surface area contributed by atoms with Crippen molar-refractivity contribution in [3.63, 3.8) is 0 Å². The Labute approximate surface area is 91.5 Å². The van der Waals surface area contributed by atoms with E-state index in [9.17, 15) is 0 Å². The Kier molecular flexibility index (Phi) is 6.46. The van der Waals surface area contributed by atoms with E-state index in [1.807, 2.05) is 0 Å². The molecule has 0 saturated carbocycles. The van der Waals surface area contributed by atoms with Gasteiger partial charge < -0.3 is 5.32 Å². The number of hydrogen-bond donors (Lipinski definition) is 1. The van der Waals surface area contributed by atoms with Gasteiger partial charge in [0.1, 0.15) is 0 Å². The third-order valence-corrected chi connectivity index (χ3v) is 2.42. The molecule has 1 aromatic rings. The summed E-state index contributed by atoms with van der Waals surface area (Å²) in [6, 6.07) is 10.6. The van der Waals surface area contributed by atoms with E-state index < -0.39 is 0 Å². The van der Waals surface area contributed by atoms with Crippen molar-refractivity contribution in [1.29, 1.82) is 0 Å². The first-order chi connectivity index (χ1) is 6.93. The van der Waals surface area contributed by atoms with E-state index in [-0.39, 0.29) is 0 Å². The van der Waals surface area contributed by atoms with Gasteiger partial charge in [-0.05, 0) is 37.9 Å². The molecule has 1 aromatic carbocycles. The number of halogens is 1. The average molecular weight is 212 g/mol. The molecule has 0 saturated heterocycles. The van der Waals surface area contributed by atoms with Gasteiger partial charge in [0, 0.05) is 5.88 Å². The fraction of sp³-hybridized carbons (Fsp3) is 0.500. The van der Waals surface area contributed by atoms with E-state index in [0.29, 0.717) is 0 Å². The van der Waals surface area contributed by atoms with Gasteiger partial charge in [0.05, 0.1) is 0 Å². The molecule has 0 unspecified atom stereocenters. The Morgan fingerprint density at radius 3 is 2.43 bits per heavy atom. The molecule has 1 N–H and O–H groups in total. The molecular formula is C12H18ClN. The molecule has 0 aliphatic rings. The summed E-state index contributed by atoms with van der Waals surface area (Å²) in [5.41, 5.74) is 1.42. The van der Waals surface area contributed by atoms with Crippen LogP contribution in [-0.4, -0.2) is 19.0 Å². The third-order valence-electron chi connectivity index (χ3n) is 2.15. The molecule has 1 rings (SSSR count). The van der Waals surface area contributed by atoms with Crippen LogP contribution < -0.4 is 5.32 Å². The zero-order chi connectivity index (χ0) is 10.1. The highest BCUT2D eigenvalue weighted by molar-refractivity contribution is 6.17. The summed E-state index contributed by atoms with van der Waals surface area (Å²) < 4.78 is 0. The fourth-order valence-corrected chi connectivity index (χ4v) is 1.51. The molecule has 0 atom stereocenters. The van der Waals surface area contributed by atoms with Crippen molar-refractivity contribution >= 4 is 11.6 Å². The second kappa shape index (κ2) is 7.84. The first kappa shape index (κ1) is 11.5. The number of nitrogens with one attached hydrogen (secondary N) is 1. The van der Waals surface area contributed by atoms with Gasteiger partial charge in [0.25, 0.3) is 0 Å². The minimum Gasteiger partial charge on any atom is -0.317 e.